The normalized spacial score (nSPS) is 12.9. The van der Waals surface area contributed by atoms with Gasteiger partial charge in [0.05, 0.1) is 16.8 Å². The Bertz CT molecular complexity index is 3050. The Morgan fingerprint density at radius 3 is 1.84 bits per heavy atom. The number of benzene rings is 9. The van der Waals surface area contributed by atoms with E-state index < -0.39 is 5.41 Å². The fourth-order valence-corrected chi connectivity index (χ4v) is 9.48. The molecule has 0 unspecified atom stereocenters. The first-order valence-corrected chi connectivity index (χ1v) is 21.0. The van der Waals surface area contributed by atoms with Crippen LogP contribution >= 0.6 is 0 Å². The molecule has 0 saturated heterocycles. The fraction of sp³-hybridized carbons (Fsp3) is 0.0333. The van der Waals surface area contributed by atoms with E-state index in [-0.39, 0.29) is 0 Å². The third-order valence-electron chi connectivity index (χ3n) is 12.3. The number of allylic oxidation sites excluding steroid dienone is 5. The van der Waals surface area contributed by atoms with Crippen molar-refractivity contribution in [2.45, 2.75) is 12.3 Å². The molecular weight excluding hydrogens is 735 g/mol. The van der Waals surface area contributed by atoms with Gasteiger partial charge in [0, 0.05) is 16.8 Å². The largest absolute Gasteiger partial charge is 0.309 e. The number of anilines is 3. The zero-order chi connectivity index (χ0) is 41.2. The maximum absolute atomic E-state index is 4.60. The molecule has 61 heavy (non-hydrogen) atoms. The van der Waals surface area contributed by atoms with Crippen molar-refractivity contribution in [3.8, 4) is 22.3 Å². The molecule has 0 heterocycles. The minimum atomic E-state index is -0.611. The minimum absolute atomic E-state index is 0.611. The Balaban J connectivity index is 1.25. The predicted octanol–water partition coefficient (Wildman–Crippen LogP) is 16.0. The molecule has 0 atom stereocenters. The first kappa shape index (κ1) is 37.5. The van der Waals surface area contributed by atoms with Gasteiger partial charge in [0.25, 0.3) is 0 Å². The van der Waals surface area contributed by atoms with Crippen LogP contribution in [-0.4, -0.2) is 0 Å². The van der Waals surface area contributed by atoms with Crippen molar-refractivity contribution in [1.29, 1.82) is 0 Å². The lowest BCUT2D eigenvalue weighted by atomic mass is 9.67. The Morgan fingerprint density at radius 1 is 0.508 bits per heavy atom. The Kier molecular flexibility index (Phi) is 9.92. The van der Waals surface area contributed by atoms with E-state index in [2.05, 4.69) is 261 Å². The smallest absolute Gasteiger partial charge is 0.0734 e. The molecular formula is C60H45N. The molecule has 0 saturated carbocycles. The van der Waals surface area contributed by atoms with Crippen LogP contribution in [0.15, 0.2) is 249 Å². The van der Waals surface area contributed by atoms with Gasteiger partial charge in [-0.15, -0.1) is 0 Å². The molecule has 0 radical (unpaired) electrons. The van der Waals surface area contributed by atoms with Gasteiger partial charge in [-0.05, 0) is 97.6 Å². The molecule has 10 rings (SSSR count). The highest BCUT2D eigenvalue weighted by Gasteiger charge is 2.48. The molecule has 9 aromatic rings. The van der Waals surface area contributed by atoms with Crippen molar-refractivity contribution in [3.05, 3.63) is 283 Å². The Labute approximate surface area is 359 Å². The summed E-state index contributed by atoms with van der Waals surface area (Å²) in [4.78, 5) is 2.51. The first-order chi connectivity index (χ1) is 30.1. The summed E-state index contributed by atoms with van der Waals surface area (Å²) in [6.07, 6.45) is 6.39. The van der Waals surface area contributed by atoms with E-state index in [4.69, 9.17) is 0 Å². The third-order valence-corrected chi connectivity index (χ3v) is 12.3. The number of nitrogens with zero attached hydrogens (tertiary/aromatic N) is 1. The zero-order valence-corrected chi connectivity index (χ0v) is 34.2. The predicted molar refractivity (Wildman–Crippen MR) is 260 cm³/mol. The standard InChI is InChI=1S/C60H45N/c1-43(45-24-7-3-8-25-45)22-19-23-44(2)48-29-20-34-51(42-48)61(56-41-40-46-26-15-16-35-52(46)58(56)47-27-9-4-10-28-47)57-39-21-37-54-53-36-17-18-38-55(53)60(59(54)57,49-30-11-5-12-31-49)50-32-13-6-14-33-50/h3-42H,2H2,1H3/b23-19-,43-22+. The summed E-state index contributed by atoms with van der Waals surface area (Å²) in [6.45, 7) is 6.75. The molecule has 0 spiro atoms. The highest BCUT2D eigenvalue weighted by Crippen LogP contribution is 2.60. The number of rotatable bonds is 10. The van der Waals surface area contributed by atoms with Gasteiger partial charge in [0.1, 0.15) is 0 Å². The SMILES string of the molecule is C=C(/C=C\C=C(/C)c1ccccc1)c1cccc(N(c2cccc3c2C(c2ccccc2)(c2ccccc2)c2ccccc2-3)c2ccc3ccccc3c2-c2ccccc2)c1. The van der Waals surface area contributed by atoms with Crippen LogP contribution in [0, 0.1) is 0 Å². The van der Waals surface area contributed by atoms with E-state index in [1.54, 1.807) is 0 Å². The summed E-state index contributed by atoms with van der Waals surface area (Å²) in [5.41, 5.74) is 16.9. The maximum atomic E-state index is 4.60. The van der Waals surface area contributed by atoms with E-state index >= 15 is 0 Å². The molecule has 9 aromatic carbocycles. The van der Waals surface area contributed by atoms with Crippen LogP contribution in [0.25, 0.3) is 44.2 Å². The van der Waals surface area contributed by atoms with Crippen molar-refractivity contribution in [2.75, 3.05) is 4.90 Å². The van der Waals surface area contributed by atoms with Gasteiger partial charge in [-0.25, -0.2) is 0 Å². The van der Waals surface area contributed by atoms with E-state index in [9.17, 15) is 0 Å². The van der Waals surface area contributed by atoms with Crippen LogP contribution in [0.4, 0.5) is 17.1 Å². The summed E-state index contributed by atoms with van der Waals surface area (Å²) in [5.74, 6) is 0. The van der Waals surface area contributed by atoms with Crippen LogP contribution < -0.4 is 4.90 Å². The molecule has 0 N–H and O–H groups in total. The second kappa shape index (κ2) is 16.1. The van der Waals surface area contributed by atoms with Gasteiger partial charge in [-0.2, -0.15) is 0 Å². The second-order valence-corrected chi connectivity index (χ2v) is 15.8. The molecule has 0 amide bonds. The van der Waals surface area contributed by atoms with Crippen LogP contribution in [0.2, 0.25) is 0 Å². The average molecular weight is 780 g/mol. The van der Waals surface area contributed by atoms with Crippen LogP contribution in [-0.2, 0) is 5.41 Å². The van der Waals surface area contributed by atoms with Crippen molar-refractivity contribution in [1.82, 2.24) is 0 Å². The lowest BCUT2D eigenvalue weighted by Gasteiger charge is -2.38. The van der Waals surface area contributed by atoms with Crippen molar-refractivity contribution < 1.29 is 0 Å². The van der Waals surface area contributed by atoms with Gasteiger partial charge in [0.2, 0.25) is 0 Å². The fourth-order valence-electron chi connectivity index (χ4n) is 9.48. The molecule has 0 bridgehead atoms. The van der Waals surface area contributed by atoms with Gasteiger partial charge in [-0.3, -0.25) is 0 Å². The number of hydrogen-bond acceptors (Lipinski definition) is 1. The van der Waals surface area contributed by atoms with E-state index in [0.717, 1.165) is 33.8 Å². The summed E-state index contributed by atoms with van der Waals surface area (Å²) in [6, 6.07) is 81.6. The van der Waals surface area contributed by atoms with Crippen molar-refractivity contribution in [2.24, 2.45) is 0 Å². The van der Waals surface area contributed by atoms with Crippen molar-refractivity contribution in [3.63, 3.8) is 0 Å². The molecule has 1 nitrogen and oxygen atoms in total. The molecule has 0 aliphatic heterocycles. The van der Waals surface area contributed by atoms with Gasteiger partial charge in [-0.1, -0.05) is 225 Å². The molecule has 1 aliphatic rings. The van der Waals surface area contributed by atoms with E-state index in [1.807, 2.05) is 0 Å². The summed E-state index contributed by atoms with van der Waals surface area (Å²) in [5, 5.41) is 2.40. The number of hydrogen-bond donors (Lipinski definition) is 0. The molecule has 290 valence electrons. The lowest BCUT2D eigenvalue weighted by Crippen LogP contribution is -2.30. The molecule has 0 fully saturated rings. The summed E-state index contributed by atoms with van der Waals surface area (Å²) in [7, 11) is 0. The summed E-state index contributed by atoms with van der Waals surface area (Å²) >= 11 is 0. The van der Waals surface area contributed by atoms with Gasteiger partial charge in [0.15, 0.2) is 0 Å². The third kappa shape index (κ3) is 6.62. The van der Waals surface area contributed by atoms with E-state index in [0.29, 0.717) is 0 Å². The van der Waals surface area contributed by atoms with Crippen LogP contribution in [0.3, 0.4) is 0 Å². The zero-order valence-electron chi connectivity index (χ0n) is 34.2. The van der Waals surface area contributed by atoms with Crippen LogP contribution in [0.5, 0.6) is 0 Å². The lowest BCUT2D eigenvalue weighted by molar-refractivity contribution is 0.768. The monoisotopic (exact) mass is 779 g/mol. The molecule has 1 aliphatic carbocycles. The number of fused-ring (bicyclic) bond motifs is 4. The maximum Gasteiger partial charge on any atom is 0.0734 e. The highest BCUT2D eigenvalue weighted by atomic mass is 15.1. The van der Waals surface area contributed by atoms with Gasteiger partial charge < -0.3 is 4.90 Å². The Hall–Kier alpha value is -7.74. The topological polar surface area (TPSA) is 3.24 Å². The molecule has 1 heteroatoms. The van der Waals surface area contributed by atoms with E-state index in [1.165, 1.54) is 60.9 Å². The van der Waals surface area contributed by atoms with Crippen molar-refractivity contribution >= 4 is 39.0 Å². The van der Waals surface area contributed by atoms with Gasteiger partial charge >= 0.3 is 0 Å². The first-order valence-electron chi connectivity index (χ1n) is 21.0. The molecule has 0 aromatic heterocycles. The quantitative estimate of drug-likeness (QED) is 0.125. The Morgan fingerprint density at radius 2 is 1.10 bits per heavy atom. The van der Waals surface area contributed by atoms with Crippen LogP contribution in [0.1, 0.15) is 40.3 Å². The minimum Gasteiger partial charge on any atom is -0.309 e. The second-order valence-electron chi connectivity index (χ2n) is 15.8. The summed E-state index contributed by atoms with van der Waals surface area (Å²) < 4.78 is 0. The average Bonchev–Trinajstić information content (AvgIpc) is 3.64. The highest BCUT2D eigenvalue weighted by molar-refractivity contribution is 6.06.